The van der Waals surface area contributed by atoms with Crippen LogP contribution < -0.4 is 5.32 Å². The van der Waals surface area contributed by atoms with Gasteiger partial charge < -0.3 is 29.7 Å². The number of amides is 1. The van der Waals surface area contributed by atoms with E-state index in [0.717, 1.165) is 55.2 Å². The summed E-state index contributed by atoms with van der Waals surface area (Å²) in [6.07, 6.45) is 6.84. The third kappa shape index (κ3) is 6.48. The Morgan fingerprint density at radius 2 is 1.77 bits per heavy atom. The highest BCUT2D eigenvalue weighted by Crippen LogP contribution is 2.67. The molecule has 3 unspecified atom stereocenters. The van der Waals surface area contributed by atoms with Gasteiger partial charge in [-0.15, -0.1) is 0 Å². The third-order valence-electron chi connectivity index (χ3n) is 12.2. The molecular weight excluding hydrogens is 614 g/mol. The Bertz CT molecular complexity index is 1400. The summed E-state index contributed by atoms with van der Waals surface area (Å²) in [7, 11) is 0. The zero-order valence-electron chi connectivity index (χ0n) is 28.6. The average Bonchev–Trinajstić information content (AvgIpc) is 3.31. The number of benzene rings is 1. The van der Waals surface area contributed by atoms with Crippen molar-refractivity contribution in [3.05, 3.63) is 46.5 Å². The number of ether oxygens (including phenoxy) is 3. The first-order valence-corrected chi connectivity index (χ1v) is 18.2. The van der Waals surface area contributed by atoms with E-state index in [4.69, 9.17) is 26.4 Å². The quantitative estimate of drug-likeness (QED) is 0.197. The Morgan fingerprint density at radius 1 is 1.04 bits per heavy atom. The SMILES string of the molecule is CCCC(=O)CCNC(=O)OCc1ccc([C@H]2C[C@@]3(C)C(CCC3(O)C=S)C3CC[C@@]4(O)CC5(CCC4=C32)OCC(C)(C)CO5)cc1. The molecule has 1 aromatic rings. The first-order valence-electron chi connectivity index (χ1n) is 17.7. The largest absolute Gasteiger partial charge is 0.445 e. The normalized spacial score (nSPS) is 35.4. The van der Waals surface area contributed by atoms with Crippen LogP contribution in [0.3, 0.4) is 0 Å². The molecule has 3 saturated carbocycles. The molecule has 1 amide bonds. The van der Waals surface area contributed by atoms with Gasteiger partial charge >= 0.3 is 6.09 Å². The summed E-state index contributed by atoms with van der Waals surface area (Å²) in [5.74, 6) is -0.0471. The number of carbonyl (C=O) groups is 2. The fourth-order valence-corrected chi connectivity index (χ4v) is 9.92. The van der Waals surface area contributed by atoms with Crippen molar-refractivity contribution in [3.8, 4) is 0 Å². The van der Waals surface area contributed by atoms with Gasteiger partial charge in [0, 0.05) is 54.3 Å². The minimum Gasteiger partial charge on any atom is -0.445 e. The summed E-state index contributed by atoms with van der Waals surface area (Å²) >= 11 is 5.46. The van der Waals surface area contributed by atoms with Crippen molar-refractivity contribution >= 4 is 29.5 Å². The third-order valence-corrected chi connectivity index (χ3v) is 12.6. The van der Waals surface area contributed by atoms with E-state index >= 15 is 0 Å². The zero-order valence-corrected chi connectivity index (χ0v) is 29.4. The van der Waals surface area contributed by atoms with E-state index < -0.39 is 23.1 Å². The first-order chi connectivity index (χ1) is 22.3. The van der Waals surface area contributed by atoms with E-state index in [1.165, 1.54) is 5.57 Å². The molecule has 1 spiro atoms. The zero-order chi connectivity index (χ0) is 33.7. The Kier molecular flexibility index (Phi) is 9.55. The van der Waals surface area contributed by atoms with E-state index in [1.807, 2.05) is 19.1 Å². The number of hydrogen-bond acceptors (Lipinski definition) is 8. The number of nitrogens with one attached hydrogen (secondary N) is 1. The maximum atomic E-state index is 12.4. The summed E-state index contributed by atoms with van der Waals surface area (Å²) in [6.45, 7) is 10.1. The van der Waals surface area contributed by atoms with Crippen LogP contribution in [0.2, 0.25) is 0 Å². The molecule has 0 bridgehead atoms. The van der Waals surface area contributed by atoms with Crippen molar-refractivity contribution in [2.75, 3.05) is 19.8 Å². The molecule has 1 aliphatic heterocycles. The van der Waals surface area contributed by atoms with Crippen molar-refractivity contribution in [3.63, 3.8) is 0 Å². The van der Waals surface area contributed by atoms with Gasteiger partial charge in [0.25, 0.3) is 0 Å². The number of hydrogen-bond donors (Lipinski definition) is 3. The Balaban J connectivity index is 1.25. The number of carbonyl (C=O) groups excluding carboxylic acids is 2. The van der Waals surface area contributed by atoms with Crippen LogP contribution in [0.15, 0.2) is 35.4 Å². The summed E-state index contributed by atoms with van der Waals surface area (Å²) < 4.78 is 18.2. The summed E-state index contributed by atoms with van der Waals surface area (Å²) in [5, 5.41) is 28.5. The second kappa shape index (κ2) is 12.9. The monoisotopic (exact) mass is 667 g/mol. The van der Waals surface area contributed by atoms with Crippen LogP contribution in [-0.4, -0.2) is 64.2 Å². The predicted octanol–water partition coefficient (Wildman–Crippen LogP) is 6.70. The molecule has 1 saturated heterocycles. The van der Waals surface area contributed by atoms with Gasteiger partial charge in [0.1, 0.15) is 12.4 Å². The number of Topliss-reactive ketones (excluding diaryl/α,β-unsaturated/α-hetero) is 1. The number of allylic oxidation sites excluding steroid dienone is 1. The molecule has 3 N–H and O–H groups in total. The fraction of sp³-hybridized carbons (Fsp3) is 0.711. The fourth-order valence-electron chi connectivity index (χ4n) is 9.54. The van der Waals surface area contributed by atoms with Crippen LogP contribution in [-0.2, 0) is 25.6 Å². The van der Waals surface area contributed by atoms with E-state index in [-0.39, 0.29) is 47.5 Å². The summed E-state index contributed by atoms with van der Waals surface area (Å²) in [6, 6.07) is 8.21. The maximum absolute atomic E-state index is 12.4. The molecule has 5 aliphatic rings. The lowest BCUT2D eigenvalue weighted by Gasteiger charge is -2.58. The molecule has 1 heterocycles. The molecule has 9 heteroatoms. The highest BCUT2D eigenvalue weighted by Gasteiger charge is 2.64. The van der Waals surface area contributed by atoms with Crippen molar-refractivity contribution < 1.29 is 34.0 Å². The summed E-state index contributed by atoms with van der Waals surface area (Å²) in [5.41, 5.74) is 2.09. The molecule has 47 heavy (non-hydrogen) atoms. The first kappa shape index (κ1) is 34.7. The van der Waals surface area contributed by atoms with Crippen LogP contribution in [0.5, 0.6) is 0 Å². The van der Waals surface area contributed by atoms with Crippen LogP contribution in [0.25, 0.3) is 0 Å². The second-order valence-electron chi connectivity index (χ2n) is 16.1. The minimum atomic E-state index is -1.01. The predicted molar refractivity (Wildman–Crippen MR) is 183 cm³/mol. The lowest BCUT2D eigenvalue weighted by molar-refractivity contribution is -0.322. The van der Waals surface area contributed by atoms with Gasteiger partial charge in [-0.3, -0.25) is 4.79 Å². The minimum absolute atomic E-state index is 0.0164. The van der Waals surface area contributed by atoms with Crippen molar-refractivity contribution in [1.29, 1.82) is 0 Å². The van der Waals surface area contributed by atoms with E-state index in [9.17, 15) is 19.8 Å². The standard InChI is InChI=1S/C38H53NO7S/c1-5-6-27(40)14-18-39-33(41)44-20-25-7-9-26(10-8-25)29-19-35(4)30(12-16-37(35,43)24-47)28-11-15-36(42)21-38(17-13-31(36)32(28)29)45-22-34(2,3)23-46-38/h7-10,24,28-30,42-43H,5-6,11-23H2,1-4H3,(H,39,41)/t28?,29-,30?,35+,36-,37?/m1/s1. The van der Waals surface area contributed by atoms with Gasteiger partial charge in [0.05, 0.1) is 24.4 Å². The van der Waals surface area contributed by atoms with Crippen molar-refractivity contribution in [2.24, 2.45) is 22.7 Å². The molecular formula is C38H53NO7S. The molecule has 1 aromatic carbocycles. The van der Waals surface area contributed by atoms with Gasteiger partial charge in [0.15, 0.2) is 5.79 Å². The molecule has 258 valence electrons. The van der Waals surface area contributed by atoms with Gasteiger partial charge in [-0.1, -0.05) is 69.8 Å². The Labute approximate surface area is 285 Å². The van der Waals surface area contributed by atoms with Crippen LogP contribution >= 0.6 is 12.2 Å². The van der Waals surface area contributed by atoms with E-state index in [0.29, 0.717) is 45.3 Å². The van der Waals surface area contributed by atoms with Crippen molar-refractivity contribution in [2.45, 2.75) is 128 Å². The van der Waals surface area contributed by atoms with Crippen LogP contribution in [0.1, 0.15) is 115 Å². The van der Waals surface area contributed by atoms with Gasteiger partial charge in [-0.25, -0.2) is 4.79 Å². The smallest absolute Gasteiger partial charge is 0.407 e. The molecule has 4 aliphatic carbocycles. The molecule has 6 rings (SSSR count). The molecule has 0 radical (unpaired) electrons. The Morgan fingerprint density at radius 3 is 2.45 bits per heavy atom. The number of alkyl carbamates (subject to hydrolysis) is 1. The summed E-state index contributed by atoms with van der Waals surface area (Å²) in [4.78, 5) is 24.0. The highest BCUT2D eigenvalue weighted by atomic mass is 32.1. The Hall–Kier alpha value is -2.17. The number of rotatable bonds is 9. The van der Waals surface area contributed by atoms with E-state index in [2.05, 4.69) is 38.2 Å². The van der Waals surface area contributed by atoms with Gasteiger partial charge in [-0.2, -0.15) is 0 Å². The lowest BCUT2D eigenvalue weighted by atomic mass is 9.50. The number of fused-ring (bicyclic) bond motifs is 4. The topological polar surface area (TPSA) is 114 Å². The number of aliphatic hydroxyl groups is 2. The van der Waals surface area contributed by atoms with E-state index in [1.54, 1.807) is 5.37 Å². The number of ketones is 1. The highest BCUT2D eigenvalue weighted by molar-refractivity contribution is 7.79. The lowest BCUT2D eigenvalue weighted by Crippen LogP contribution is -2.58. The average molecular weight is 668 g/mol. The second-order valence-corrected chi connectivity index (χ2v) is 16.3. The molecule has 8 nitrogen and oxygen atoms in total. The molecule has 0 aromatic heterocycles. The maximum Gasteiger partial charge on any atom is 0.407 e. The van der Waals surface area contributed by atoms with Crippen molar-refractivity contribution in [1.82, 2.24) is 5.32 Å². The van der Waals surface area contributed by atoms with Crippen LogP contribution in [0, 0.1) is 22.7 Å². The van der Waals surface area contributed by atoms with Crippen LogP contribution in [0.4, 0.5) is 4.79 Å². The number of thiocarbonyl (C=S) groups is 1. The van der Waals surface area contributed by atoms with Gasteiger partial charge in [0.2, 0.25) is 0 Å². The molecule has 6 atom stereocenters. The molecule has 4 fully saturated rings. The van der Waals surface area contributed by atoms with Gasteiger partial charge in [-0.05, 0) is 73.5 Å².